The molecule has 0 spiro atoms. The first-order chi connectivity index (χ1) is 17.9. The van der Waals surface area contributed by atoms with E-state index in [1.54, 1.807) is 19.2 Å². The summed E-state index contributed by atoms with van der Waals surface area (Å²) in [4.78, 5) is 17.8. The predicted octanol–water partition coefficient (Wildman–Crippen LogP) is 4.20. The summed E-state index contributed by atoms with van der Waals surface area (Å²) in [6.07, 6.45) is 5.48. The minimum absolute atomic E-state index is 0.00000374. The largest absolute Gasteiger partial charge is 0.368 e. The molecule has 2 aliphatic heterocycles. The Morgan fingerprint density at radius 2 is 1.87 bits per heavy atom. The number of benzene rings is 1. The third-order valence-electron chi connectivity index (χ3n) is 7.68. The number of piperidine rings is 1. The van der Waals surface area contributed by atoms with Crippen LogP contribution in [-0.2, 0) is 10.0 Å². The van der Waals surface area contributed by atoms with Gasteiger partial charge in [-0.2, -0.15) is 4.98 Å². The average molecular weight is 542 g/mol. The van der Waals surface area contributed by atoms with Crippen molar-refractivity contribution in [3.05, 3.63) is 42.2 Å². The van der Waals surface area contributed by atoms with Crippen LogP contribution in [0.4, 0.5) is 27.7 Å². The van der Waals surface area contributed by atoms with Gasteiger partial charge in [-0.15, -0.1) is 0 Å². The molecule has 0 amide bonds. The van der Waals surface area contributed by atoms with E-state index in [0.717, 1.165) is 29.4 Å². The van der Waals surface area contributed by atoms with Crippen LogP contribution in [-0.4, -0.2) is 67.5 Å². The van der Waals surface area contributed by atoms with E-state index in [2.05, 4.69) is 55.9 Å². The third kappa shape index (κ3) is 5.54. The number of pyridine rings is 1. The first kappa shape index (κ1) is 26.6. The molecule has 2 atom stereocenters. The fourth-order valence-corrected chi connectivity index (χ4v) is 6.03. The molecular formula is C27H36FN7O2S. The SMILES string of the molecule is CC(C)c1ccc(N2CC(NS(C)(=O)=O)C2)c2cnc(Nc3ccnc(N4CCC(C)[C@@](C)(F)C4)n3)cc12. The minimum atomic E-state index is -3.23. The highest BCUT2D eigenvalue weighted by Crippen LogP contribution is 2.36. The van der Waals surface area contributed by atoms with Crippen molar-refractivity contribution in [3.8, 4) is 0 Å². The Morgan fingerprint density at radius 3 is 2.55 bits per heavy atom. The van der Waals surface area contributed by atoms with Crippen LogP contribution in [0.2, 0.25) is 0 Å². The van der Waals surface area contributed by atoms with Crippen LogP contribution in [0.25, 0.3) is 10.8 Å². The van der Waals surface area contributed by atoms with Crippen LogP contribution in [0.5, 0.6) is 0 Å². The van der Waals surface area contributed by atoms with Gasteiger partial charge < -0.3 is 15.1 Å². The fourth-order valence-electron chi connectivity index (χ4n) is 5.28. The Hall–Kier alpha value is -3.05. The number of hydrogen-bond acceptors (Lipinski definition) is 8. The summed E-state index contributed by atoms with van der Waals surface area (Å²) in [7, 11) is -3.23. The van der Waals surface area contributed by atoms with Crippen molar-refractivity contribution >= 4 is 44.1 Å². The molecule has 2 aromatic heterocycles. The fraction of sp³-hybridized carbons (Fsp3) is 0.519. The average Bonchev–Trinajstić information content (AvgIpc) is 2.81. The lowest BCUT2D eigenvalue weighted by Crippen LogP contribution is -2.59. The summed E-state index contributed by atoms with van der Waals surface area (Å²) in [5, 5.41) is 5.41. The van der Waals surface area contributed by atoms with Crippen LogP contribution in [0, 0.1) is 5.92 Å². The zero-order chi connectivity index (χ0) is 27.2. The van der Waals surface area contributed by atoms with Gasteiger partial charge in [-0.3, -0.25) is 0 Å². The van der Waals surface area contributed by atoms with Gasteiger partial charge in [0.15, 0.2) is 0 Å². The number of halogens is 1. The van der Waals surface area contributed by atoms with Crippen molar-refractivity contribution in [3.63, 3.8) is 0 Å². The monoisotopic (exact) mass is 541 g/mol. The van der Waals surface area contributed by atoms with Crippen molar-refractivity contribution in [1.29, 1.82) is 0 Å². The summed E-state index contributed by atoms with van der Waals surface area (Å²) < 4.78 is 40.8. The van der Waals surface area contributed by atoms with Gasteiger partial charge in [0.1, 0.15) is 17.3 Å². The molecule has 0 bridgehead atoms. The topological polar surface area (TPSA) is 103 Å². The first-order valence-electron chi connectivity index (χ1n) is 13.1. The molecule has 1 unspecified atom stereocenters. The molecular weight excluding hydrogens is 505 g/mol. The number of anilines is 4. The van der Waals surface area contributed by atoms with Crippen LogP contribution >= 0.6 is 0 Å². The summed E-state index contributed by atoms with van der Waals surface area (Å²) >= 11 is 0. The highest BCUT2D eigenvalue weighted by atomic mass is 32.2. The highest BCUT2D eigenvalue weighted by Gasteiger charge is 2.38. The lowest BCUT2D eigenvalue weighted by Gasteiger charge is -2.41. The van der Waals surface area contributed by atoms with Crippen LogP contribution < -0.4 is 19.8 Å². The number of nitrogens with one attached hydrogen (secondary N) is 2. The van der Waals surface area contributed by atoms with Gasteiger partial charge in [-0.05, 0) is 54.3 Å². The molecule has 0 saturated carbocycles. The quantitative estimate of drug-likeness (QED) is 0.459. The molecule has 2 fully saturated rings. The lowest BCUT2D eigenvalue weighted by molar-refractivity contribution is 0.0950. The van der Waals surface area contributed by atoms with Crippen LogP contribution in [0.1, 0.15) is 45.6 Å². The van der Waals surface area contributed by atoms with Crippen molar-refractivity contribution in [2.75, 3.05) is 47.6 Å². The smallest absolute Gasteiger partial charge is 0.227 e. The van der Waals surface area contributed by atoms with Gasteiger partial charge in [0, 0.05) is 43.1 Å². The van der Waals surface area contributed by atoms with E-state index < -0.39 is 15.7 Å². The minimum Gasteiger partial charge on any atom is -0.368 e. The molecule has 9 nitrogen and oxygen atoms in total. The van der Waals surface area contributed by atoms with E-state index >= 15 is 0 Å². The molecule has 0 radical (unpaired) electrons. The standard InChI is InChI=1S/C27H36FN7O2S/c1-17(2)20-6-7-23(35-14-19(15-35)33-38(5,36)37)22-13-30-25(12-21(20)22)31-24-8-10-29-26(32-24)34-11-9-18(3)27(4,28)16-34/h6-8,10,12-13,17-19,33H,9,11,14-16H2,1-5H3,(H,29,30,31,32)/t18?,27-/m0/s1. The molecule has 204 valence electrons. The van der Waals surface area contributed by atoms with Crippen LogP contribution in [0.3, 0.4) is 0 Å². The van der Waals surface area contributed by atoms with E-state index in [1.165, 1.54) is 11.8 Å². The van der Waals surface area contributed by atoms with Gasteiger partial charge in [0.25, 0.3) is 0 Å². The van der Waals surface area contributed by atoms with E-state index in [-0.39, 0.29) is 18.5 Å². The Labute approximate surface area is 223 Å². The van der Waals surface area contributed by atoms with Crippen molar-refractivity contribution in [2.45, 2.75) is 51.7 Å². The third-order valence-corrected chi connectivity index (χ3v) is 8.44. The van der Waals surface area contributed by atoms with E-state index in [4.69, 9.17) is 0 Å². The zero-order valence-corrected chi connectivity index (χ0v) is 23.4. The Kier molecular flexibility index (Phi) is 6.93. The maximum absolute atomic E-state index is 15.0. The summed E-state index contributed by atoms with van der Waals surface area (Å²) in [5.41, 5.74) is 0.953. The van der Waals surface area contributed by atoms with Gasteiger partial charge in [0.05, 0.1) is 18.8 Å². The maximum atomic E-state index is 15.0. The molecule has 2 aliphatic rings. The molecule has 3 aromatic rings. The maximum Gasteiger partial charge on any atom is 0.227 e. The number of hydrogen-bond donors (Lipinski definition) is 2. The van der Waals surface area contributed by atoms with E-state index in [9.17, 15) is 12.8 Å². The van der Waals surface area contributed by atoms with E-state index in [0.29, 0.717) is 36.6 Å². The van der Waals surface area contributed by atoms with E-state index in [1.807, 2.05) is 24.1 Å². The molecule has 4 heterocycles. The second-order valence-corrected chi connectivity index (χ2v) is 13.0. The predicted molar refractivity (Wildman–Crippen MR) is 151 cm³/mol. The molecule has 38 heavy (non-hydrogen) atoms. The molecule has 0 aliphatic carbocycles. The Morgan fingerprint density at radius 1 is 1.11 bits per heavy atom. The second kappa shape index (κ2) is 9.92. The van der Waals surface area contributed by atoms with Crippen LogP contribution in [0.15, 0.2) is 36.7 Å². The highest BCUT2D eigenvalue weighted by molar-refractivity contribution is 7.88. The Balaban J connectivity index is 1.39. The van der Waals surface area contributed by atoms with Crippen molar-refractivity contribution in [2.24, 2.45) is 5.92 Å². The summed E-state index contributed by atoms with van der Waals surface area (Å²) in [6, 6.07) is 7.95. The number of sulfonamides is 1. The molecule has 1 aromatic carbocycles. The Bertz CT molecular complexity index is 1440. The summed E-state index contributed by atoms with van der Waals surface area (Å²) in [5.74, 6) is 2.07. The molecule has 11 heteroatoms. The van der Waals surface area contributed by atoms with Crippen molar-refractivity contribution < 1.29 is 12.8 Å². The second-order valence-electron chi connectivity index (χ2n) is 11.2. The normalized spacial score (nSPS) is 22.7. The van der Waals surface area contributed by atoms with Gasteiger partial charge in [-0.1, -0.05) is 26.8 Å². The number of rotatable bonds is 7. The number of alkyl halides is 1. The van der Waals surface area contributed by atoms with Gasteiger partial charge in [-0.25, -0.2) is 27.5 Å². The van der Waals surface area contributed by atoms with Gasteiger partial charge in [0.2, 0.25) is 16.0 Å². The molecule has 2 saturated heterocycles. The summed E-state index contributed by atoms with van der Waals surface area (Å²) in [6.45, 7) is 10.1. The molecule has 5 rings (SSSR count). The lowest BCUT2D eigenvalue weighted by atomic mass is 9.86. The molecule has 2 N–H and O–H groups in total. The first-order valence-corrected chi connectivity index (χ1v) is 15.0. The number of fused-ring (bicyclic) bond motifs is 1. The van der Waals surface area contributed by atoms with Gasteiger partial charge >= 0.3 is 0 Å². The number of aromatic nitrogens is 3. The number of nitrogens with zero attached hydrogens (tertiary/aromatic N) is 5. The van der Waals surface area contributed by atoms with Crippen molar-refractivity contribution in [1.82, 2.24) is 19.7 Å². The zero-order valence-electron chi connectivity index (χ0n) is 22.6.